The van der Waals surface area contributed by atoms with Crippen LogP contribution in [0.2, 0.25) is 0 Å². The molecule has 7 heteroatoms. The number of carbonyl (C=O) groups excluding carboxylic acids is 1. The number of ether oxygens (including phenoxy) is 2. The molecule has 0 radical (unpaired) electrons. The number of hydrogen-bond acceptors (Lipinski definition) is 5. The Morgan fingerprint density at radius 3 is 2.65 bits per heavy atom. The molecule has 178 valence electrons. The number of morpholine rings is 1. The number of halogens is 1. The van der Waals surface area contributed by atoms with Crippen LogP contribution in [0, 0.1) is 5.82 Å². The number of fused-ring (bicyclic) bond motifs is 1. The van der Waals surface area contributed by atoms with Crippen molar-refractivity contribution < 1.29 is 18.7 Å². The topological polar surface area (TPSA) is 62.8 Å². The quantitative estimate of drug-likeness (QED) is 0.504. The van der Waals surface area contributed by atoms with Gasteiger partial charge in [0.2, 0.25) is 0 Å². The standard InChI is InChI=1S/C27H30FN3O3/c1-27(2)22(16-24(34-27)25-21-8-7-20(28)15-23(21)30-26(25)32)19-5-3-18(4-6-19)17-29-9-10-31-11-13-33-14-12-31/h3-8,15-16,29H,9-14,17H2,1-2H3,(H,30,32)/b25-24+. The molecule has 0 unspecified atom stereocenters. The molecule has 0 bridgehead atoms. The van der Waals surface area contributed by atoms with Crippen LogP contribution in [-0.2, 0) is 20.8 Å². The van der Waals surface area contributed by atoms with E-state index in [4.69, 9.17) is 9.47 Å². The van der Waals surface area contributed by atoms with E-state index in [-0.39, 0.29) is 11.7 Å². The van der Waals surface area contributed by atoms with Crippen LogP contribution in [0.5, 0.6) is 0 Å². The van der Waals surface area contributed by atoms with Crippen LogP contribution in [0.25, 0.3) is 11.1 Å². The Kier molecular flexibility index (Phi) is 6.25. The van der Waals surface area contributed by atoms with Crippen LogP contribution in [0.4, 0.5) is 10.1 Å². The van der Waals surface area contributed by atoms with Gasteiger partial charge in [0, 0.05) is 43.9 Å². The molecule has 34 heavy (non-hydrogen) atoms. The van der Waals surface area contributed by atoms with Gasteiger partial charge in [-0.05, 0) is 49.2 Å². The fourth-order valence-corrected chi connectivity index (χ4v) is 4.70. The van der Waals surface area contributed by atoms with Gasteiger partial charge in [0.15, 0.2) is 0 Å². The fraction of sp³-hybridized carbons (Fsp3) is 0.370. The zero-order valence-corrected chi connectivity index (χ0v) is 19.6. The van der Waals surface area contributed by atoms with Gasteiger partial charge >= 0.3 is 0 Å². The summed E-state index contributed by atoms with van der Waals surface area (Å²) in [7, 11) is 0. The van der Waals surface area contributed by atoms with Crippen LogP contribution in [0.15, 0.2) is 54.3 Å². The van der Waals surface area contributed by atoms with Gasteiger partial charge in [-0.15, -0.1) is 0 Å². The number of allylic oxidation sites excluding steroid dienone is 1. The van der Waals surface area contributed by atoms with E-state index < -0.39 is 5.60 Å². The van der Waals surface area contributed by atoms with Crippen LogP contribution in [0.3, 0.4) is 0 Å². The summed E-state index contributed by atoms with van der Waals surface area (Å²) in [5, 5.41) is 6.25. The van der Waals surface area contributed by atoms with E-state index in [0.717, 1.165) is 57.1 Å². The van der Waals surface area contributed by atoms with Crippen molar-refractivity contribution in [1.29, 1.82) is 0 Å². The minimum absolute atomic E-state index is 0.276. The SMILES string of the molecule is CC1(C)O/C(=C2/C(=O)Nc3cc(F)ccc32)C=C1c1ccc(CNCCN2CCOCC2)cc1. The highest BCUT2D eigenvalue weighted by atomic mass is 19.1. The molecule has 0 saturated carbocycles. The molecule has 6 nitrogen and oxygen atoms in total. The lowest BCUT2D eigenvalue weighted by Gasteiger charge is -2.26. The number of benzene rings is 2. The summed E-state index contributed by atoms with van der Waals surface area (Å²) in [5.74, 6) is -0.149. The van der Waals surface area contributed by atoms with Crippen molar-refractivity contribution in [3.63, 3.8) is 0 Å². The molecule has 1 fully saturated rings. The number of nitrogens with zero attached hydrogens (tertiary/aromatic N) is 1. The molecule has 2 N–H and O–H groups in total. The first kappa shape index (κ1) is 22.8. The zero-order valence-electron chi connectivity index (χ0n) is 19.6. The predicted octanol–water partition coefficient (Wildman–Crippen LogP) is 3.80. The van der Waals surface area contributed by atoms with Crippen LogP contribution < -0.4 is 10.6 Å². The van der Waals surface area contributed by atoms with Crippen molar-refractivity contribution >= 4 is 22.7 Å². The smallest absolute Gasteiger partial charge is 0.260 e. The summed E-state index contributed by atoms with van der Waals surface area (Å²) < 4.78 is 25.2. The van der Waals surface area contributed by atoms with Crippen LogP contribution in [-0.4, -0.2) is 55.8 Å². The summed E-state index contributed by atoms with van der Waals surface area (Å²) in [6.07, 6.45) is 1.93. The van der Waals surface area contributed by atoms with Gasteiger partial charge in [-0.2, -0.15) is 0 Å². The Bertz CT molecular complexity index is 1150. The van der Waals surface area contributed by atoms with E-state index in [1.165, 1.54) is 17.7 Å². The minimum atomic E-state index is -0.594. The van der Waals surface area contributed by atoms with E-state index in [1.807, 2.05) is 19.9 Å². The van der Waals surface area contributed by atoms with Crippen molar-refractivity contribution in [1.82, 2.24) is 10.2 Å². The van der Waals surface area contributed by atoms with E-state index in [2.05, 4.69) is 39.8 Å². The first-order chi connectivity index (χ1) is 16.4. The van der Waals surface area contributed by atoms with Gasteiger partial charge in [0.05, 0.1) is 24.5 Å². The van der Waals surface area contributed by atoms with E-state index in [9.17, 15) is 9.18 Å². The Hall–Kier alpha value is -3.00. The second-order valence-corrected chi connectivity index (χ2v) is 9.38. The molecule has 0 spiro atoms. The highest BCUT2D eigenvalue weighted by Crippen LogP contribution is 2.44. The third kappa shape index (κ3) is 4.64. The lowest BCUT2D eigenvalue weighted by molar-refractivity contribution is -0.111. The number of nitrogens with one attached hydrogen (secondary N) is 2. The maximum absolute atomic E-state index is 13.6. The van der Waals surface area contributed by atoms with Crippen LogP contribution >= 0.6 is 0 Å². The predicted molar refractivity (Wildman–Crippen MR) is 130 cm³/mol. The number of carbonyl (C=O) groups is 1. The summed E-state index contributed by atoms with van der Waals surface area (Å²) >= 11 is 0. The minimum Gasteiger partial charge on any atom is -0.482 e. The maximum Gasteiger partial charge on any atom is 0.260 e. The van der Waals surface area contributed by atoms with Gasteiger partial charge < -0.3 is 20.1 Å². The summed E-state index contributed by atoms with van der Waals surface area (Å²) in [4.78, 5) is 15.1. The summed E-state index contributed by atoms with van der Waals surface area (Å²) in [6, 6.07) is 12.8. The summed E-state index contributed by atoms with van der Waals surface area (Å²) in [6.45, 7) is 10.4. The molecule has 3 aliphatic heterocycles. The number of rotatable bonds is 6. The molecular weight excluding hydrogens is 433 g/mol. The zero-order chi connectivity index (χ0) is 23.7. The van der Waals surface area contributed by atoms with Gasteiger partial charge in [0.1, 0.15) is 17.2 Å². The Labute approximate surface area is 199 Å². The molecule has 1 saturated heterocycles. The molecule has 3 aliphatic rings. The van der Waals surface area contributed by atoms with Gasteiger partial charge in [-0.25, -0.2) is 4.39 Å². The monoisotopic (exact) mass is 463 g/mol. The third-order valence-electron chi connectivity index (χ3n) is 6.56. The number of hydrogen-bond donors (Lipinski definition) is 2. The second-order valence-electron chi connectivity index (χ2n) is 9.38. The second kappa shape index (κ2) is 9.33. The molecule has 3 heterocycles. The maximum atomic E-state index is 13.6. The Morgan fingerprint density at radius 1 is 1.12 bits per heavy atom. The molecule has 0 aromatic heterocycles. The lowest BCUT2D eigenvalue weighted by atomic mass is 9.91. The van der Waals surface area contributed by atoms with Gasteiger partial charge in [-0.3, -0.25) is 9.69 Å². The van der Waals surface area contributed by atoms with E-state index in [0.29, 0.717) is 22.6 Å². The van der Waals surface area contributed by atoms with Crippen molar-refractivity contribution in [2.24, 2.45) is 0 Å². The number of anilines is 1. The van der Waals surface area contributed by atoms with Crippen molar-refractivity contribution in [2.75, 3.05) is 44.7 Å². The lowest BCUT2D eigenvalue weighted by Crippen LogP contribution is -2.40. The van der Waals surface area contributed by atoms with Crippen molar-refractivity contribution in [3.05, 3.63) is 76.8 Å². The average Bonchev–Trinajstić information content (AvgIpc) is 3.31. The van der Waals surface area contributed by atoms with Gasteiger partial charge in [0.25, 0.3) is 5.91 Å². The summed E-state index contributed by atoms with van der Waals surface area (Å²) in [5.41, 5.74) is 4.26. The Morgan fingerprint density at radius 2 is 1.88 bits per heavy atom. The normalized spacial score (nSPS) is 21.7. The molecule has 2 aromatic carbocycles. The largest absolute Gasteiger partial charge is 0.482 e. The number of amides is 1. The van der Waals surface area contributed by atoms with E-state index >= 15 is 0 Å². The third-order valence-corrected chi connectivity index (χ3v) is 6.56. The molecule has 1 amide bonds. The highest BCUT2D eigenvalue weighted by Gasteiger charge is 2.38. The highest BCUT2D eigenvalue weighted by molar-refractivity contribution is 6.32. The van der Waals surface area contributed by atoms with Gasteiger partial charge in [-0.1, -0.05) is 24.3 Å². The molecule has 0 aliphatic carbocycles. The molecule has 2 aromatic rings. The van der Waals surface area contributed by atoms with Crippen LogP contribution in [0.1, 0.15) is 30.5 Å². The molecule has 5 rings (SSSR count). The van der Waals surface area contributed by atoms with Crippen molar-refractivity contribution in [3.8, 4) is 0 Å². The average molecular weight is 464 g/mol. The van der Waals surface area contributed by atoms with Crippen molar-refractivity contribution in [2.45, 2.75) is 26.0 Å². The van der Waals surface area contributed by atoms with E-state index in [1.54, 1.807) is 6.07 Å². The first-order valence-electron chi connectivity index (χ1n) is 11.8. The molecule has 0 atom stereocenters. The molecular formula is C27H30FN3O3. The first-order valence-corrected chi connectivity index (χ1v) is 11.8. The fourth-order valence-electron chi connectivity index (χ4n) is 4.70. The Balaban J connectivity index is 1.29.